The second kappa shape index (κ2) is 6.25. The average Bonchev–Trinajstić information content (AvgIpc) is 2.74. The van der Waals surface area contributed by atoms with Gasteiger partial charge in [-0.2, -0.15) is 0 Å². The van der Waals surface area contributed by atoms with Gasteiger partial charge in [0.25, 0.3) is 5.56 Å². The molecule has 20 heavy (non-hydrogen) atoms. The number of rotatable bonds is 3. The minimum Gasteiger partial charge on any atom is -0.776 e. The van der Waals surface area contributed by atoms with E-state index >= 15 is 0 Å². The monoisotopic (exact) mass is 325 g/mol. The van der Waals surface area contributed by atoms with Crippen molar-refractivity contribution in [2.24, 2.45) is 0 Å². The average molecular weight is 325 g/mol. The van der Waals surface area contributed by atoms with Crippen molar-refractivity contribution in [3.63, 3.8) is 0 Å². The normalized spacial score (nSPS) is 24.9. The van der Waals surface area contributed by atoms with Gasteiger partial charge in [-0.3, -0.25) is 14.3 Å². The lowest BCUT2D eigenvalue weighted by Gasteiger charge is -2.22. The minimum absolute atomic E-state index is 0. The largest absolute Gasteiger partial charge is 0.776 e. The number of hydrogen-bond donors (Lipinski definition) is 3. The summed E-state index contributed by atoms with van der Waals surface area (Å²) in [5, 5.41) is -1.29. The van der Waals surface area contributed by atoms with Crippen LogP contribution >= 0.6 is 19.4 Å². The molecule has 2 heterocycles. The van der Waals surface area contributed by atoms with Crippen molar-refractivity contribution in [2.75, 3.05) is 5.75 Å². The zero-order chi connectivity index (χ0) is 14.2. The molecule has 9 nitrogen and oxygen atoms in total. The van der Waals surface area contributed by atoms with E-state index in [2.05, 4.69) is 4.98 Å². The molecule has 1 aromatic heterocycles. The van der Waals surface area contributed by atoms with Gasteiger partial charge in [-0.25, -0.2) is 4.79 Å². The van der Waals surface area contributed by atoms with Gasteiger partial charge in [-0.05, 0) is 6.92 Å². The Morgan fingerprint density at radius 2 is 2.30 bits per heavy atom. The smallest absolute Gasteiger partial charge is 0.328 e. The molecule has 2 rings (SSSR count). The first-order chi connectivity index (χ1) is 8.77. The first kappa shape index (κ1) is 17.2. The Morgan fingerprint density at radius 3 is 2.85 bits per heavy atom. The zero-order valence-corrected chi connectivity index (χ0v) is 12.6. The van der Waals surface area contributed by atoms with Crippen LogP contribution in [-0.4, -0.2) is 31.5 Å². The molecule has 11 heteroatoms. The fourth-order valence-electron chi connectivity index (χ4n) is 1.67. The molecule has 1 aliphatic rings. The number of aromatic amines is 1. The van der Waals surface area contributed by atoms with Gasteiger partial charge in [-0.15, -0.1) is 11.8 Å². The van der Waals surface area contributed by atoms with Crippen LogP contribution < -0.4 is 22.3 Å². The Labute approximate surface area is 118 Å². The first-order valence-corrected chi connectivity index (χ1v) is 8.08. The Balaban J connectivity index is 0.00000200. The van der Waals surface area contributed by atoms with Crippen molar-refractivity contribution in [1.82, 2.24) is 15.7 Å². The van der Waals surface area contributed by atoms with Crippen molar-refractivity contribution in [1.29, 1.82) is 0 Å². The van der Waals surface area contributed by atoms with Crippen LogP contribution in [0.3, 0.4) is 0 Å². The predicted octanol–water partition coefficient (Wildman–Crippen LogP) is -0.817. The highest BCUT2D eigenvalue weighted by Crippen LogP contribution is 2.48. The number of nitrogens with zero attached hydrogens (tertiary/aromatic N) is 1. The summed E-state index contributed by atoms with van der Waals surface area (Å²) in [6.07, 6.45) is 0.866. The van der Waals surface area contributed by atoms with Crippen LogP contribution in [0.2, 0.25) is 0 Å². The van der Waals surface area contributed by atoms with Crippen molar-refractivity contribution in [3.05, 3.63) is 32.6 Å². The number of thioether (sulfide) groups is 1. The fourth-order valence-corrected chi connectivity index (χ4v) is 3.81. The molecule has 114 valence electrons. The molecule has 1 aliphatic heterocycles. The van der Waals surface area contributed by atoms with Gasteiger partial charge in [0.2, 0.25) is 0 Å². The summed E-state index contributed by atoms with van der Waals surface area (Å²) >= 11 is 0.955. The second-order valence-electron chi connectivity index (χ2n) is 4.19. The van der Waals surface area contributed by atoms with Crippen LogP contribution in [-0.2, 0) is 15.8 Å². The highest BCUT2D eigenvalue weighted by atomic mass is 32.2. The van der Waals surface area contributed by atoms with Gasteiger partial charge >= 0.3 is 5.69 Å². The highest BCUT2D eigenvalue weighted by Gasteiger charge is 2.32. The quantitative estimate of drug-likeness (QED) is 0.612. The fraction of sp³-hybridized carbons (Fsp3) is 0.556. The second-order valence-corrected chi connectivity index (χ2v) is 7.23. The zero-order valence-electron chi connectivity index (χ0n) is 10.9. The summed E-state index contributed by atoms with van der Waals surface area (Å²) in [7, 11) is -4.54. The highest BCUT2D eigenvalue weighted by molar-refractivity contribution is 8.05. The predicted molar refractivity (Wildman–Crippen MR) is 73.0 cm³/mol. The van der Waals surface area contributed by atoms with Gasteiger partial charge in [0.05, 0.1) is 12.6 Å². The van der Waals surface area contributed by atoms with E-state index < -0.39 is 30.1 Å². The minimum atomic E-state index is -4.54. The van der Waals surface area contributed by atoms with Crippen LogP contribution in [0.25, 0.3) is 0 Å². The van der Waals surface area contributed by atoms with E-state index in [0.717, 1.165) is 11.8 Å². The SMILES string of the molecule is Cc1cn(CC2CSC(P(=O)([O-])O)O2)c(=O)[nH]c1=O.[NH4+]. The van der Waals surface area contributed by atoms with Crippen molar-refractivity contribution in [2.45, 2.75) is 24.7 Å². The van der Waals surface area contributed by atoms with E-state index in [-0.39, 0.29) is 12.7 Å². The maximum absolute atomic E-state index is 11.5. The van der Waals surface area contributed by atoms with Crippen molar-refractivity contribution in [3.8, 4) is 0 Å². The summed E-state index contributed by atoms with van der Waals surface area (Å²) in [4.78, 5) is 44.7. The van der Waals surface area contributed by atoms with Gasteiger partial charge in [-0.1, -0.05) is 0 Å². The molecule has 1 saturated heterocycles. The number of ether oxygens (including phenoxy) is 1. The van der Waals surface area contributed by atoms with E-state index in [1.807, 2.05) is 0 Å². The Kier molecular flexibility index (Phi) is 5.36. The number of aryl methyl sites for hydroxylation is 1. The summed E-state index contributed by atoms with van der Waals surface area (Å²) in [6.45, 7) is 1.67. The third-order valence-electron chi connectivity index (χ3n) is 2.59. The third-order valence-corrected chi connectivity index (χ3v) is 5.45. The van der Waals surface area contributed by atoms with Crippen LogP contribution in [0.4, 0.5) is 0 Å². The molecule has 6 N–H and O–H groups in total. The summed E-state index contributed by atoms with van der Waals surface area (Å²) in [5.41, 5.74) is -0.666. The lowest BCUT2D eigenvalue weighted by molar-refractivity contribution is -0.201. The van der Waals surface area contributed by atoms with Crippen LogP contribution in [0.15, 0.2) is 15.8 Å². The lowest BCUT2D eigenvalue weighted by atomic mass is 10.3. The lowest BCUT2D eigenvalue weighted by Crippen LogP contribution is -2.34. The Hall–Kier alpha value is -0.900. The molecule has 1 aromatic rings. The molecule has 1 fully saturated rings. The molecule has 0 amide bonds. The van der Waals surface area contributed by atoms with Crippen LogP contribution in [0.5, 0.6) is 0 Å². The number of quaternary nitrogens is 1. The van der Waals surface area contributed by atoms with E-state index in [9.17, 15) is 19.0 Å². The van der Waals surface area contributed by atoms with E-state index in [0.29, 0.717) is 11.3 Å². The van der Waals surface area contributed by atoms with Gasteiger partial charge < -0.3 is 25.2 Å². The maximum atomic E-state index is 11.5. The van der Waals surface area contributed by atoms with E-state index in [1.165, 1.54) is 10.8 Å². The molecule has 0 bridgehead atoms. The molecule has 3 atom stereocenters. The Morgan fingerprint density at radius 1 is 1.65 bits per heavy atom. The van der Waals surface area contributed by atoms with Gasteiger partial charge in [0.15, 0.2) is 12.8 Å². The van der Waals surface area contributed by atoms with E-state index in [4.69, 9.17) is 9.63 Å². The van der Waals surface area contributed by atoms with E-state index in [1.54, 1.807) is 6.92 Å². The molecule has 0 saturated carbocycles. The molecule has 0 spiro atoms. The number of aromatic nitrogens is 2. The summed E-state index contributed by atoms with van der Waals surface area (Å²) < 4.78 is 17.3. The topological polar surface area (TPSA) is 161 Å². The van der Waals surface area contributed by atoms with Gasteiger partial charge in [0, 0.05) is 17.5 Å². The maximum Gasteiger partial charge on any atom is 0.328 e. The van der Waals surface area contributed by atoms with Crippen molar-refractivity contribution < 1.29 is 19.1 Å². The summed E-state index contributed by atoms with van der Waals surface area (Å²) in [6, 6.07) is 0. The number of hydrogen-bond acceptors (Lipinski definition) is 6. The molecule has 0 radical (unpaired) electrons. The Bertz CT molecular complexity index is 637. The van der Waals surface area contributed by atoms with Gasteiger partial charge in [0.1, 0.15) is 0 Å². The standard InChI is InChI=1S/C9H13N2O6PS.H3N/c1-5-2-11(8(13)10-7(5)12)3-6-4-19-9(17-6)18(14,15)16;/h2,6,9H,3-4H2,1H3,(H,10,12,13)(H2,14,15,16);1H3. The molecular formula is C9H16N3O6PS. The first-order valence-electron chi connectivity index (χ1n) is 5.38. The summed E-state index contributed by atoms with van der Waals surface area (Å²) in [5.74, 6) is 0.335. The number of H-pyrrole nitrogens is 1. The molecule has 0 aliphatic carbocycles. The third kappa shape index (κ3) is 3.81. The van der Waals surface area contributed by atoms with Crippen LogP contribution in [0, 0.1) is 6.92 Å². The molecular weight excluding hydrogens is 309 g/mol. The number of nitrogens with one attached hydrogen (secondary N) is 1. The molecule has 0 aromatic carbocycles. The van der Waals surface area contributed by atoms with Crippen molar-refractivity contribution >= 4 is 19.4 Å². The molecule has 3 unspecified atom stereocenters. The van der Waals surface area contributed by atoms with Crippen LogP contribution in [0.1, 0.15) is 5.56 Å².